The van der Waals surface area contributed by atoms with Gasteiger partial charge in [0.1, 0.15) is 0 Å². The van der Waals surface area contributed by atoms with E-state index in [1.54, 1.807) is 19.2 Å². The van der Waals surface area contributed by atoms with Gasteiger partial charge in [0, 0.05) is 10.6 Å². The van der Waals surface area contributed by atoms with E-state index in [2.05, 4.69) is 5.48 Å². The van der Waals surface area contributed by atoms with Crippen molar-refractivity contribution in [3.8, 4) is 0 Å². The molecule has 2 rings (SSSR count). The summed E-state index contributed by atoms with van der Waals surface area (Å²) in [6, 6.07) is 15.3. The van der Waals surface area contributed by atoms with Crippen molar-refractivity contribution in [2.45, 2.75) is 0 Å². The number of hydroxylamine groups is 1. The molecule has 0 heterocycles. The van der Waals surface area contributed by atoms with Gasteiger partial charge in [-0.15, -0.1) is 0 Å². The van der Waals surface area contributed by atoms with Crippen LogP contribution in [0.25, 0.3) is 11.8 Å². The topological polar surface area (TPSA) is 21.3 Å². The first kappa shape index (κ1) is 13.9. The molecule has 0 amide bonds. The van der Waals surface area contributed by atoms with Gasteiger partial charge in [0.05, 0.1) is 17.8 Å². The highest BCUT2D eigenvalue weighted by Crippen LogP contribution is 2.27. The maximum atomic E-state index is 6.21. The molecule has 0 saturated carbocycles. The lowest BCUT2D eigenvalue weighted by Crippen LogP contribution is -2.10. The minimum Gasteiger partial charge on any atom is -0.279 e. The van der Waals surface area contributed by atoms with Crippen molar-refractivity contribution >= 4 is 35.0 Å². The van der Waals surface area contributed by atoms with E-state index in [0.717, 1.165) is 16.8 Å². The lowest BCUT2D eigenvalue weighted by molar-refractivity contribution is 0.137. The molecule has 0 aliphatic rings. The zero-order chi connectivity index (χ0) is 13.7. The molecule has 19 heavy (non-hydrogen) atoms. The molecule has 0 fully saturated rings. The Hall–Kier alpha value is -1.48. The number of hydrogen-bond donors (Lipinski definition) is 1. The van der Waals surface area contributed by atoms with Gasteiger partial charge in [0.25, 0.3) is 0 Å². The molecule has 2 nitrogen and oxygen atoms in total. The molecule has 98 valence electrons. The van der Waals surface area contributed by atoms with Gasteiger partial charge < -0.3 is 0 Å². The molecule has 0 aliphatic carbocycles. The standard InChI is InChI=1S/C15H13Cl2NO/c1-19-18-15(9-11-5-3-2-4-6-11)13-8-7-12(16)10-14(13)17/h2-10,18H,1H3. The number of benzene rings is 2. The van der Waals surface area contributed by atoms with E-state index in [1.807, 2.05) is 42.5 Å². The van der Waals surface area contributed by atoms with Crippen LogP contribution >= 0.6 is 23.2 Å². The SMILES string of the molecule is CONC(=Cc1ccccc1)c1ccc(Cl)cc1Cl. The van der Waals surface area contributed by atoms with E-state index < -0.39 is 0 Å². The number of nitrogens with one attached hydrogen (secondary N) is 1. The summed E-state index contributed by atoms with van der Waals surface area (Å²) in [7, 11) is 1.56. The quantitative estimate of drug-likeness (QED) is 0.655. The second-order valence-electron chi connectivity index (χ2n) is 3.90. The summed E-state index contributed by atoms with van der Waals surface area (Å²) in [4.78, 5) is 5.01. The van der Waals surface area contributed by atoms with Crippen molar-refractivity contribution in [2.24, 2.45) is 0 Å². The molecule has 0 unspecified atom stereocenters. The van der Waals surface area contributed by atoms with E-state index >= 15 is 0 Å². The summed E-state index contributed by atoms with van der Waals surface area (Å²) in [5.74, 6) is 0. The maximum absolute atomic E-state index is 6.21. The Balaban J connectivity index is 2.42. The Kier molecular flexibility index (Phi) is 4.86. The first-order valence-electron chi connectivity index (χ1n) is 5.72. The van der Waals surface area contributed by atoms with Crippen molar-refractivity contribution in [1.29, 1.82) is 0 Å². The van der Waals surface area contributed by atoms with Gasteiger partial charge >= 0.3 is 0 Å². The number of halogens is 2. The summed E-state index contributed by atoms with van der Waals surface area (Å²) in [6.45, 7) is 0. The molecule has 2 aromatic carbocycles. The fourth-order valence-corrected chi connectivity index (χ4v) is 2.21. The lowest BCUT2D eigenvalue weighted by atomic mass is 10.1. The molecule has 1 N–H and O–H groups in total. The smallest absolute Gasteiger partial charge is 0.0697 e. The average molecular weight is 294 g/mol. The highest BCUT2D eigenvalue weighted by molar-refractivity contribution is 6.35. The fourth-order valence-electron chi connectivity index (χ4n) is 1.70. The van der Waals surface area contributed by atoms with E-state index in [9.17, 15) is 0 Å². The highest BCUT2D eigenvalue weighted by atomic mass is 35.5. The second kappa shape index (κ2) is 6.62. The van der Waals surface area contributed by atoms with Crippen LogP contribution in [-0.4, -0.2) is 7.11 Å². The largest absolute Gasteiger partial charge is 0.279 e. The van der Waals surface area contributed by atoms with Crippen LogP contribution in [0.2, 0.25) is 10.0 Å². The minimum atomic E-state index is 0.569. The average Bonchev–Trinajstić information content (AvgIpc) is 2.39. The van der Waals surface area contributed by atoms with Crippen LogP contribution in [0.15, 0.2) is 48.5 Å². The molecule has 0 bridgehead atoms. The molecule has 0 aliphatic heterocycles. The summed E-state index contributed by atoms with van der Waals surface area (Å²) >= 11 is 12.1. The van der Waals surface area contributed by atoms with E-state index in [0.29, 0.717) is 10.0 Å². The van der Waals surface area contributed by atoms with Gasteiger partial charge in [-0.2, -0.15) is 0 Å². The summed E-state index contributed by atoms with van der Waals surface area (Å²) in [5, 5.41) is 1.17. The maximum Gasteiger partial charge on any atom is 0.0697 e. The zero-order valence-corrected chi connectivity index (χ0v) is 11.9. The third-order valence-corrected chi connectivity index (χ3v) is 3.09. The molecular formula is C15H13Cl2NO. The van der Waals surface area contributed by atoms with Gasteiger partial charge in [-0.25, -0.2) is 0 Å². The predicted octanol–water partition coefficient (Wildman–Crippen LogP) is 4.64. The van der Waals surface area contributed by atoms with Gasteiger partial charge in [-0.1, -0.05) is 53.5 Å². The van der Waals surface area contributed by atoms with Gasteiger partial charge in [0.15, 0.2) is 0 Å². The van der Waals surface area contributed by atoms with Gasteiger partial charge in [-0.05, 0) is 29.8 Å². The van der Waals surface area contributed by atoms with Crippen molar-refractivity contribution in [2.75, 3.05) is 7.11 Å². The van der Waals surface area contributed by atoms with Crippen molar-refractivity contribution < 1.29 is 4.84 Å². The third-order valence-electron chi connectivity index (χ3n) is 2.54. The molecule has 4 heteroatoms. The van der Waals surface area contributed by atoms with Crippen molar-refractivity contribution in [1.82, 2.24) is 5.48 Å². The Morgan fingerprint density at radius 2 is 1.84 bits per heavy atom. The van der Waals surface area contributed by atoms with E-state index in [4.69, 9.17) is 28.0 Å². The Morgan fingerprint density at radius 3 is 2.47 bits per heavy atom. The summed E-state index contributed by atoms with van der Waals surface area (Å²) in [6.07, 6.45) is 1.96. The van der Waals surface area contributed by atoms with Crippen LogP contribution in [-0.2, 0) is 4.84 Å². The summed E-state index contributed by atoms with van der Waals surface area (Å²) < 4.78 is 0. The predicted molar refractivity (Wildman–Crippen MR) is 80.9 cm³/mol. The summed E-state index contributed by atoms with van der Waals surface area (Å²) in [5.41, 5.74) is 5.49. The molecule has 0 atom stereocenters. The van der Waals surface area contributed by atoms with E-state index in [1.165, 1.54) is 0 Å². The van der Waals surface area contributed by atoms with Crippen molar-refractivity contribution in [3.05, 3.63) is 69.7 Å². The monoisotopic (exact) mass is 293 g/mol. The first-order chi connectivity index (χ1) is 9.20. The Morgan fingerprint density at radius 1 is 1.11 bits per heavy atom. The molecule has 0 spiro atoms. The zero-order valence-electron chi connectivity index (χ0n) is 10.4. The van der Waals surface area contributed by atoms with Crippen LogP contribution in [0.3, 0.4) is 0 Å². The molecule has 0 saturated heterocycles. The van der Waals surface area contributed by atoms with Gasteiger partial charge in [0.2, 0.25) is 0 Å². The third kappa shape index (κ3) is 3.74. The van der Waals surface area contributed by atoms with Crippen LogP contribution in [0.1, 0.15) is 11.1 Å². The van der Waals surface area contributed by atoms with Crippen LogP contribution in [0.4, 0.5) is 0 Å². The number of hydrogen-bond acceptors (Lipinski definition) is 2. The number of rotatable bonds is 4. The van der Waals surface area contributed by atoms with Gasteiger partial charge in [-0.3, -0.25) is 10.3 Å². The second-order valence-corrected chi connectivity index (χ2v) is 4.74. The normalized spacial score (nSPS) is 11.4. The van der Waals surface area contributed by atoms with Crippen LogP contribution in [0.5, 0.6) is 0 Å². The van der Waals surface area contributed by atoms with Crippen LogP contribution in [0, 0.1) is 0 Å². The Labute approximate surface area is 122 Å². The van der Waals surface area contributed by atoms with E-state index in [-0.39, 0.29) is 0 Å². The van der Waals surface area contributed by atoms with Crippen molar-refractivity contribution in [3.63, 3.8) is 0 Å². The Bertz CT molecular complexity index is 582. The molecule has 2 aromatic rings. The lowest BCUT2D eigenvalue weighted by Gasteiger charge is -2.11. The minimum absolute atomic E-state index is 0.569. The van der Waals surface area contributed by atoms with Crippen LogP contribution < -0.4 is 5.48 Å². The molecular weight excluding hydrogens is 281 g/mol. The first-order valence-corrected chi connectivity index (χ1v) is 6.47. The molecule has 0 radical (unpaired) electrons. The fraction of sp³-hybridized carbons (Fsp3) is 0.0667. The molecule has 0 aromatic heterocycles. The highest BCUT2D eigenvalue weighted by Gasteiger charge is 2.07.